The minimum Gasteiger partial charge on any atom is -0.497 e. The van der Waals surface area contributed by atoms with Crippen molar-refractivity contribution >= 4 is 31.9 Å². The van der Waals surface area contributed by atoms with E-state index in [9.17, 15) is 0 Å². The molecule has 0 bridgehead atoms. The maximum absolute atomic E-state index is 5.16. The van der Waals surface area contributed by atoms with Gasteiger partial charge in [0.2, 0.25) is 0 Å². The van der Waals surface area contributed by atoms with Crippen LogP contribution in [0.5, 0.6) is 5.75 Å². The highest BCUT2D eigenvalue weighted by Gasteiger charge is 2.05. The average Bonchev–Trinajstić information content (AvgIpc) is 2.39. The third-order valence-corrected chi connectivity index (χ3v) is 4.37. The third kappa shape index (κ3) is 3.36. The maximum atomic E-state index is 5.16. The van der Waals surface area contributed by atoms with E-state index < -0.39 is 0 Å². The van der Waals surface area contributed by atoms with Crippen LogP contribution in [0.25, 0.3) is 0 Å². The van der Waals surface area contributed by atoms with Crippen molar-refractivity contribution in [3.8, 4) is 5.75 Å². The van der Waals surface area contributed by atoms with Gasteiger partial charge in [-0.05, 0) is 48.2 Å². The Balaban J connectivity index is 2.06. The summed E-state index contributed by atoms with van der Waals surface area (Å²) in [5, 5.41) is 0. The van der Waals surface area contributed by atoms with Gasteiger partial charge in [-0.1, -0.05) is 50.1 Å². The van der Waals surface area contributed by atoms with Crippen molar-refractivity contribution in [1.29, 1.82) is 0 Å². The van der Waals surface area contributed by atoms with Crippen LogP contribution in [-0.4, -0.2) is 7.11 Å². The smallest absolute Gasteiger partial charge is 0.118 e. The third-order valence-electron chi connectivity index (χ3n) is 2.88. The van der Waals surface area contributed by atoms with Crippen LogP contribution in [0.15, 0.2) is 51.4 Å². The van der Waals surface area contributed by atoms with Crippen molar-refractivity contribution in [1.82, 2.24) is 0 Å². The molecule has 94 valence electrons. The molecule has 0 aromatic heterocycles. The summed E-state index contributed by atoms with van der Waals surface area (Å²) >= 11 is 7.19. The lowest BCUT2D eigenvalue weighted by Gasteiger charge is -2.08. The molecule has 0 saturated carbocycles. The van der Waals surface area contributed by atoms with Gasteiger partial charge in [0, 0.05) is 8.95 Å². The SMILES string of the molecule is COc1ccc(CCc2c(Br)cccc2Br)cc1. The highest BCUT2D eigenvalue weighted by molar-refractivity contribution is 9.11. The Kier molecular flexibility index (Phi) is 4.84. The Morgan fingerprint density at radius 3 is 2.06 bits per heavy atom. The molecule has 0 atom stereocenters. The molecular formula is C15H14Br2O. The number of halogens is 2. The number of ether oxygens (including phenoxy) is 1. The van der Waals surface area contributed by atoms with E-state index in [0.717, 1.165) is 27.5 Å². The van der Waals surface area contributed by atoms with Crippen molar-refractivity contribution in [3.05, 3.63) is 62.5 Å². The summed E-state index contributed by atoms with van der Waals surface area (Å²) < 4.78 is 7.47. The molecule has 2 aromatic rings. The molecule has 0 saturated heterocycles. The van der Waals surface area contributed by atoms with E-state index in [2.05, 4.69) is 56.1 Å². The average molecular weight is 370 g/mol. The van der Waals surface area contributed by atoms with Crippen LogP contribution in [0.2, 0.25) is 0 Å². The molecule has 18 heavy (non-hydrogen) atoms. The van der Waals surface area contributed by atoms with Crippen LogP contribution in [-0.2, 0) is 12.8 Å². The predicted octanol–water partition coefficient (Wildman–Crippen LogP) is 5.01. The molecule has 2 aromatic carbocycles. The largest absolute Gasteiger partial charge is 0.497 e. The van der Waals surface area contributed by atoms with Gasteiger partial charge in [0.05, 0.1) is 7.11 Å². The highest BCUT2D eigenvalue weighted by Crippen LogP contribution is 2.26. The first-order valence-electron chi connectivity index (χ1n) is 5.76. The number of aryl methyl sites for hydroxylation is 1. The Labute approximate surface area is 124 Å². The van der Waals surface area contributed by atoms with Crippen molar-refractivity contribution in [2.75, 3.05) is 7.11 Å². The molecule has 0 N–H and O–H groups in total. The fourth-order valence-electron chi connectivity index (χ4n) is 1.83. The second-order valence-corrected chi connectivity index (χ2v) is 5.76. The van der Waals surface area contributed by atoms with Crippen molar-refractivity contribution in [2.45, 2.75) is 12.8 Å². The quantitative estimate of drug-likeness (QED) is 0.736. The van der Waals surface area contributed by atoms with Crippen LogP contribution >= 0.6 is 31.9 Å². The van der Waals surface area contributed by atoms with Crippen LogP contribution < -0.4 is 4.74 Å². The molecule has 0 aliphatic carbocycles. The van der Waals surface area contributed by atoms with Gasteiger partial charge in [-0.2, -0.15) is 0 Å². The number of hydrogen-bond acceptors (Lipinski definition) is 1. The Morgan fingerprint density at radius 2 is 1.50 bits per heavy atom. The van der Waals surface area contributed by atoms with Gasteiger partial charge < -0.3 is 4.74 Å². The van der Waals surface area contributed by atoms with Gasteiger partial charge in [0.15, 0.2) is 0 Å². The second-order valence-electron chi connectivity index (χ2n) is 4.05. The summed E-state index contributed by atoms with van der Waals surface area (Å²) in [6, 6.07) is 14.4. The molecule has 0 aliphatic heterocycles. The van der Waals surface area contributed by atoms with E-state index in [-0.39, 0.29) is 0 Å². The van der Waals surface area contributed by atoms with Gasteiger partial charge >= 0.3 is 0 Å². The first kappa shape index (κ1) is 13.6. The zero-order chi connectivity index (χ0) is 13.0. The first-order valence-corrected chi connectivity index (χ1v) is 7.35. The monoisotopic (exact) mass is 368 g/mol. The standard InChI is InChI=1S/C15H14Br2O/c1-18-12-8-5-11(6-9-12)7-10-13-14(16)3-2-4-15(13)17/h2-6,8-9H,7,10H2,1H3. The molecular weight excluding hydrogens is 356 g/mol. The number of methoxy groups -OCH3 is 1. The van der Waals surface area contributed by atoms with Crippen LogP contribution in [0.3, 0.4) is 0 Å². The zero-order valence-corrected chi connectivity index (χ0v) is 13.3. The van der Waals surface area contributed by atoms with E-state index in [4.69, 9.17) is 4.74 Å². The topological polar surface area (TPSA) is 9.23 Å². The number of benzene rings is 2. The lowest BCUT2D eigenvalue weighted by atomic mass is 10.0. The molecule has 0 radical (unpaired) electrons. The van der Waals surface area contributed by atoms with Gasteiger partial charge in [-0.3, -0.25) is 0 Å². The van der Waals surface area contributed by atoms with Crippen molar-refractivity contribution in [2.24, 2.45) is 0 Å². The van der Waals surface area contributed by atoms with Crippen LogP contribution in [0.1, 0.15) is 11.1 Å². The van der Waals surface area contributed by atoms with E-state index >= 15 is 0 Å². The summed E-state index contributed by atoms with van der Waals surface area (Å²) in [6.07, 6.45) is 2.03. The molecule has 0 unspecified atom stereocenters. The maximum Gasteiger partial charge on any atom is 0.118 e. The molecule has 0 amide bonds. The predicted molar refractivity (Wildman–Crippen MR) is 82.2 cm³/mol. The molecule has 0 spiro atoms. The van der Waals surface area contributed by atoms with E-state index in [1.165, 1.54) is 11.1 Å². The molecule has 0 heterocycles. The molecule has 0 fully saturated rings. The van der Waals surface area contributed by atoms with Crippen molar-refractivity contribution in [3.63, 3.8) is 0 Å². The summed E-state index contributed by atoms with van der Waals surface area (Å²) in [5.74, 6) is 0.904. The fourth-order valence-corrected chi connectivity index (χ4v) is 3.23. The van der Waals surface area contributed by atoms with E-state index in [1.807, 2.05) is 18.2 Å². The van der Waals surface area contributed by atoms with Crippen molar-refractivity contribution < 1.29 is 4.74 Å². The Hall–Kier alpha value is -0.800. The molecule has 3 heteroatoms. The van der Waals surface area contributed by atoms with Gasteiger partial charge in [-0.25, -0.2) is 0 Å². The summed E-state index contributed by atoms with van der Waals surface area (Å²) in [7, 11) is 1.69. The molecule has 1 nitrogen and oxygen atoms in total. The Bertz CT molecular complexity index is 500. The van der Waals surface area contributed by atoms with E-state index in [1.54, 1.807) is 7.11 Å². The minimum absolute atomic E-state index is 0.904. The molecule has 2 rings (SSSR count). The minimum atomic E-state index is 0.904. The normalized spacial score (nSPS) is 10.4. The summed E-state index contributed by atoms with van der Waals surface area (Å²) in [6.45, 7) is 0. The first-order chi connectivity index (χ1) is 8.70. The van der Waals surface area contributed by atoms with Gasteiger partial charge in [0.1, 0.15) is 5.75 Å². The highest BCUT2D eigenvalue weighted by atomic mass is 79.9. The number of rotatable bonds is 4. The molecule has 0 aliphatic rings. The summed E-state index contributed by atoms with van der Waals surface area (Å²) in [5.41, 5.74) is 2.63. The Morgan fingerprint density at radius 1 is 0.889 bits per heavy atom. The van der Waals surface area contributed by atoms with Gasteiger partial charge in [0.25, 0.3) is 0 Å². The van der Waals surface area contributed by atoms with E-state index in [0.29, 0.717) is 0 Å². The lowest BCUT2D eigenvalue weighted by molar-refractivity contribution is 0.414. The van der Waals surface area contributed by atoms with Gasteiger partial charge in [-0.15, -0.1) is 0 Å². The fraction of sp³-hybridized carbons (Fsp3) is 0.200. The zero-order valence-electron chi connectivity index (χ0n) is 10.1. The lowest BCUT2D eigenvalue weighted by Crippen LogP contribution is -1.94. The number of hydrogen-bond donors (Lipinski definition) is 0. The summed E-state index contributed by atoms with van der Waals surface area (Å²) in [4.78, 5) is 0. The second kappa shape index (κ2) is 6.39. The van der Waals surface area contributed by atoms with Crippen LogP contribution in [0, 0.1) is 0 Å². The van der Waals surface area contributed by atoms with Crippen LogP contribution in [0.4, 0.5) is 0 Å².